The van der Waals surface area contributed by atoms with Gasteiger partial charge in [-0.1, -0.05) is 6.92 Å². The second-order valence-corrected chi connectivity index (χ2v) is 2.69. The molecule has 0 unspecified atom stereocenters. The highest BCUT2D eigenvalue weighted by atomic mass is 16.5. The molecule has 0 amide bonds. The molecule has 1 aromatic heterocycles. The summed E-state index contributed by atoms with van der Waals surface area (Å²) < 4.78 is 5.26. The molecule has 0 atom stereocenters. The van der Waals surface area contributed by atoms with Crippen molar-refractivity contribution in [1.82, 2.24) is 4.98 Å². The molecule has 0 fully saturated rings. The third-order valence-corrected chi connectivity index (χ3v) is 1.82. The molecule has 70 valence electrons. The highest BCUT2D eigenvalue weighted by Crippen LogP contribution is 2.16. The van der Waals surface area contributed by atoms with E-state index in [4.69, 9.17) is 4.74 Å². The first kappa shape index (κ1) is 9.78. The summed E-state index contributed by atoms with van der Waals surface area (Å²) in [6, 6.07) is 3.99. The van der Waals surface area contributed by atoms with Gasteiger partial charge < -0.3 is 4.74 Å². The molecule has 0 radical (unpaired) electrons. The fourth-order valence-electron chi connectivity index (χ4n) is 1.11. The summed E-state index contributed by atoms with van der Waals surface area (Å²) in [7, 11) is 0. The molecule has 2 heteroatoms. The number of pyridine rings is 1. The second-order valence-electron chi connectivity index (χ2n) is 2.69. The van der Waals surface area contributed by atoms with Crippen LogP contribution in [0.4, 0.5) is 0 Å². The van der Waals surface area contributed by atoms with Gasteiger partial charge in [0.1, 0.15) is 0 Å². The fourth-order valence-corrected chi connectivity index (χ4v) is 1.11. The van der Waals surface area contributed by atoms with Gasteiger partial charge in [0.2, 0.25) is 0 Å². The molecule has 1 aromatic rings. The molecule has 0 N–H and O–H groups in total. The minimum atomic E-state index is 0.717. The first-order valence-corrected chi connectivity index (χ1v) is 4.59. The van der Waals surface area contributed by atoms with E-state index < -0.39 is 0 Å². The minimum absolute atomic E-state index is 0.717. The van der Waals surface area contributed by atoms with Crippen LogP contribution in [0.3, 0.4) is 0 Å². The van der Waals surface area contributed by atoms with Crippen molar-refractivity contribution in [2.75, 3.05) is 6.61 Å². The van der Waals surface area contributed by atoms with Crippen LogP contribution in [-0.4, -0.2) is 11.6 Å². The predicted octanol–water partition coefficient (Wildman–Crippen LogP) is 2.87. The average Bonchev–Trinajstić information content (AvgIpc) is 2.21. The maximum absolute atomic E-state index is 5.26. The largest absolute Gasteiger partial charge is 0.501 e. The average molecular weight is 177 g/mol. The quantitative estimate of drug-likeness (QED) is 0.660. The summed E-state index contributed by atoms with van der Waals surface area (Å²) in [5.41, 5.74) is 2.40. The van der Waals surface area contributed by atoms with Crippen molar-refractivity contribution in [2.45, 2.75) is 20.3 Å². The summed E-state index contributed by atoms with van der Waals surface area (Å²) >= 11 is 0. The van der Waals surface area contributed by atoms with Gasteiger partial charge in [0.05, 0.1) is 12.9 Å². The summed E-state index contributed by atoms with van der Waals surface area (Å²) in [6.07, 6.45) is 6.40. The van der Waals surface area contributed by atoms with Crippen LogP contribution >= 0.6 is 0 Å². The van der Waals surface area contributed by atoms with Crippen molar-refractivity contribution in [1.29, 1.82) is 0 Å². The highest BCUT2D eigenvalue weighted by Gasteiger charge is 1.97. The summed E-state index contributed by atoms with van der Waals surface area (Å²) in [6.45, 7) is 4.82. The van der Waals surface area contributed by atoms with E-state index in [0.717, 1.165) is 6.42 Å². The van der Waals surface area contributed by atoms with E-state index in [1.165, 1.54) is 11.1 Å². The second kappa shape index (κ2) is 5.36. The van der Waals surface area contributed by atoms with Crippen LogP contribution in [0.15, 0.2) is 30.8 Å². The third-order valence-electron chi connectivity index (χ3n) is 1.82. The van der Waals surface area contributed by atoms with Gasteiger partial charge in [-0.2, -0.15) is 0 Å². The van der Waals surface area contributed by atoms with E-state index in [-0.39, 0.29) is 0 Å². The molecule has 0 aromatic carbocycles. The van der Waals surface area contributed by atoms with Crippen molar-refractivity contribution in [3.05, 3.63) is 36.4 Å². The van der Waals surface area contributed by atoms with Crippen LogP contribution < -0.4 is 0 Å². The number of ether oxygens (including phenoxy) is 1. The number of aromatic nitrogens is 1. The molecule has 0 aliphatic rings. The van der Waals surface area contributed by atoms with Crippen LogP contribution in [0.2, 0.25) is 0 Å². The summed E-state index contributed by atoms with van der Waals surface area (Å²) in [4.78, 5) is 3.97. The van der Waals surface area contributed by atoms with E-state index in [0.29, 0.717) is 6.61 Å². The zero-order valence-corrected chi connectivity index (χ0v) is 8.16. The van der Waals surface area contributed by atoms with Crippen molar-refractivity contribution < 1.29 is 4.74 Å². The zero-order valence-electron chi connectivity index (χ0n) is 8.16. The molecule has 1 rings (SSSR count). The van der Waals surface area contributed by atoms with Crippen molar-refractivity contribution in [2.24, 2.45) is 0 Å². The Kier molecular flexibility index (Phi) is 4.03. The lowest BCUT2D eigenvalue weighted by molar-refractivity contribution is 0.270. The van der Waals surface area contributed by atoms with E-state index in [1.807, 2.05) is 25.3 Å². The Hall–Kier alpha value is -1.31. The van der Waals surface area contributed by atoms with Crippen LogP contribution in [0.1, 0.15) is 25.8 Å². The molecule has 0 aliphatic carbocycles. The van der Waals surface area contributed by atoms with E-state index in [2.05, 4.69) is 11.9 Å². The van der Waals surface area contributed by atoms with Gasteiger partial charge in [-0.25, -0.2) is 0 Å². The molecule has 0 saturated heterocycles. The predicted molar refractivity (Wildman–Crippen MR) is 54.1 cm³/mol. The summed E-state index contributed by atoms with van der Waals surface area (Å²) in [5.74, 6) is 0. The smallest absolute Gasteiger partial charge is 0.0866 e. The van der Waals surface area contributed by atoms with Crippen LogP contribution in [0.5, 0.6) is 0 Å². The highest BCUT2D eigenvalue weighted by molar-refractivity contribution is 5.63. The molecule has 1 heterocycles. The van der Waals surface area contributed by atoms with Crippen molar-refractivity contribution in [3.63, 3.8) is 0 Å². The van der Waals surface area contributed by atoms with Crippen molar-refractivity contribution >= 4 is 5.57 Å². The molecule has 0 bridgehead atoms. The Morgan fingerprint density at radius 2 is 2.08 bits per heavy atom. The summed E-state index contributed by atoms with van der Waals surface area (Å²) in [5, 5.41) is 0. The Balaban J connectivity index is 2.78. The molecule has 0 spiro atoms. The van der Waals surface area contributed by atoms with Crippen LogP contribution in [0.25, 0.3) is 5.57 Å². The maximum Gasteiger partial charge on any atom is 0.0866 e. The Morgan fingerprint density at radius 3 is 2.62 bits per heavy atom. The number of hydrogen-bond donors (Lipinski definition) is 0. The lowest BCUT2D eigenvalue weighted by Crippen LogP contribution is -1.86. The lowest BCUT2D eigenvalue weighted by Gasteiger charge is -2.04. The van der Waals surface area contributed by atoms with Gasteiger partial charge in [-0.05, 0) is 36.6 Å². The molecule has 2 nitrogen and oxygen atoms in total. The third kappa shape index (κ3) is 2.90. The Morgan fingerprint density at radius 1 is 1.38 bits per heavy atom. The van der Waals surface area contributed by atoms with Gasteiger partial charge in [0.25, 0.3) is 0 Å². The van der Waals surface area contributed by atoms with E-state index in [9.17, 15) is 0 Å². The first-order chi connectivity index (χ1) is 6.38. The maximum atomic E-state index is 5.26. The molecular weight excluding hydrogens is 162 g/mol. The number of rotatable bonds is 4. The van der Waals surface area contributed by atoms with Gasteiger partial charge in [0, 0.05) is 12.4 Å². The van der Waals surface area contributed by atoms with E-state index >= 15 is 0 Å². The molecule has 0 saturated carbocycles. The normalized spacial score (nSPS) is 11.4. The Bertz CT molecular complexity index is 267. The lowest BCUT2D eigenvalue weighted by atomic mass is 10.1. The van der Waals surface area contributed by atoms with Gasteiger partial charge >= 0.3 is 0 Å². The van der Waals surface area contributed by atoms with Gasteiger partial charge in [-0.3, -0.25) is 4.98 Å². The minimum Gasteiger partial charge on any atom is -0.501 e. The monoisotopic (exact) mass is 177 g/mol. The zero-order chi connectivity index (χ0) is 9.52. The molecule has 13 heavy (non-hydrogen) atoms. The van der Waals surface area contributed by atoms with Crippen molar-refractivity contribution in [3.8, 4) is 0 Å². The SMILES string of the molecule is CCOC=C(CC)c1ccncc1. The Labute approximate surface area is 79.3 Å². The number of hydrogen-bond acceptors (Lipinski definition) is 2. The van der Waals surface area contributed by atoms with E-state index in [1.54, 1.807) is 12.4 Å². The first-order valence-electron chi connectivity index (χ1n) is 4.59. The van der Waals surface area contributed by atoms with Gasteiger partial charge in [0.15, 0.2) is 0 Å². The van der Waals surface area contributed by atoms with Gasteiger partial charge in [-0.15, -0.1) is 0 Å². The van der Waals surface area contributed by atoms with Crippen LogP contribution in [-0.2, 0) is 4.74 Å². The topological polar surface area (TPSA) is 22.1 Å². The number of allylic oxidation sites excluding steroid dienone is 1. The van der Waals surface area contributed by atoms with Crippen LogP contribution in [0, 0.1) is 0 Å². The fraction of sp³-hybridized carbons (Fsp3) is 0.364. The number of nitrogens with zero attached hydrogens (tertiary/aromatic N) is 1. The molecular formula is C11H15NO. The standard InChI is InChI=1S/C11H15NO/c1-3-10(9-13-4-2)11-5-7-12-8-6-11/h5-9H,3-4H2,1-2H3. The molecule has 0 aliphatic heterocycles.